The number of β-amino-alcohol motifs (C(OH)–C–C–N with tert-alkyl or cyclic N) is 1. The van der Waals surface area contributed by atoms with Crippen LogP contribution < -0.4 is 4.74 Å². The first-order valence-corrected chi connectivity index (χ1v) is 6.33. The van der Waals surface area contributed by atoms with Gasteiger partial charge in [0.05, 0.1) is 13.1 Å². The van der Waals surface area contributed by atoms with Crippen LogP contribution in [-0.2, 0) is 0 Å². The Kier molecular flexibility index (Phi) is 3.39. The Balaban J connectivity index is 1.66. The van der Waals surface area contributed by atoms with Crippen LogP contribution in [0.1, 0.15) is 10.5 Å². The summed E-state index contributed by atoms with van der Waals surface area (Å²) in [5.41, 5.74) is 0.234. The van der Waals surface area contributed by atoms with Gasteiger partial charge in [0.2, 0.25) is 0 Å². The van der Waals surface area contributed by atoms with E-state index in [2.05, 4.69) is 9.68 Å². The fourth-order valence-electron chi connectivity index (χ4n) is 2.20. The second-order valence-electron chi connectivity index (χ2n) is 4.63. The number of para-hydroxylation sites is 1. The van der Waals surface area contributed by atoms with Crippen LogP contribution in [0.15, 0.2) is 47.2 Å². The Hall–Kier alpha value is -2.34. The molecule has 0 radical (unpaired) electrons. The van der Waals surface area contributed by atoms with Crippen molar-refractivity contribution in [3.8, 4) is 5.75 Å². The van der Waals surface area contributed by atoms with Crippen LogP contribution in [0.2, 0.25) is 0 Å². The molecule has 6 heteroatoms. The zero-order valence-corrected chi connectivity index (χ0v) is 10.7. The maximum absolute atomic E-state index is 12.1. The Morgan fingerprint density at radius 3 is 2.80 bits per heavy atom. The molecule has 1 aromatic carbocycles. The average molecular weight is 274 g/mol. The Labute approximate surface area is 115 Å². The van der Waals surface area contributed by atoms with Crippen molar-refractivity contribution in [2.45, 2.75) is 12.2 Å². The highest BCUT2D eigenvalue weighted by atomic mass is 16.5. The molecule has 1 saturated heterocycles. The minimum Gasteiger partial charge on any atom is -0.486 e. The van der Waals surface area contributed by atoms with Gasteiger partial charge in [0.1, 0.15) is 24.2 Å². The van der Waals surface area contributed by atoms with E-state index in [1.807, 2.05) is 30.3 Å². The number of hydrogen-bond donors (Lipinski definition) is 1. The molecule has 1 N–H and O–H groups in total. The van der Waals surface area contributed by atoms with Gasteiger partial charge in [-0.15, -0.1) is 0 Å². The fourth-order valence-corrected chi connectivity index (χ4v) is 2.20. The van der Waals surface area contributed by atoms with Crippen LogP contribution in [-0.4, -0.2) is 46.4 Å². The lowest BCUT2D eigenvalue weighted by Gasteiger charge is -2.16. The predicted molar refractivity (Wildman–Crippen MR) is 69.3 cm³/mol. The number of carbonyl (C=O) groups is 1. The summed E-state index contributed by atoms with van der Waals surface area (Å²) in [4.78, 5) is 13.6. The lowest BCUT2D eigenvalue weighted by Crippen LogP contribution is -2.31. The number of aliphatic hydroxyl groups is 1. The van der Waals surface area contributed by atoms with Gasteiger partial charge >= 0.3 is 0 Å². The number of aliphatic hydroxyl groups excluding tert-OH is 1. The molecule has 1 fully saturated rings. The fraction of sp³-hybridized carbons (Fsp3) is 0.286. The number of nitrogens with zero attached hydrogens (tertiary/aromatic N) is 2. The number of hydrogen-bond acceptors (Lipinski definition) is 5. The van der Waals surface area contributed by atoms with Crippen molar-refractivity contribution in [3.05, 3.63) is 48.4 Å². The summed E-state index contributed by atoms with van der Waals surface area (Å²) in [6.07, 6.45) is 0.192. The van der Waals surface area contributed by atoms with E-state index >= 15 is 0 Å². The summed E-state index contributed by atoms with van der Waals surface area (Å²) in [7, 11) is 0. The van der Waals surface area contributed by atoms with Crippen LogP contribution in [0.3, 0.4) is 0 Å². The third-order valence-corrected chi connectivity index (χ3v) is 3.21. The zero-order chi connectivity index (χ0) is 13.9. The van der Waals surface area contributed by atoms with Gasteiger partial charge in [-0.1, -0.05) is 23.4 Å². The minimum atomic E-state index is -0.717. The Morgan fingerprint density at radius 2 is 2.10 bits per heavy atom. The molecular weight excluding hydrogens is 260 g/mol. The van der Waals surface area contributed by atoms with Crippen molar-refractivity contribution in [1.82, 2.24) is 10.1 Å². The molecule has 1 aromatic heterocycles. The van der Waals surface area contributed by atoms with Gasteiger partial charge in [-0.3, -0.25) is 4.79 Å². The maximum atomic E-state index is 12.1. The molecule has 6 nitrogen and oxygen atoms in total. The second kappa shape index (κ2) is 5.34. The normalized spacial score (nSPS) is 21.9. The van der Waals surface area contributed by atoms with Crippen molar-refractivity contribution < 1.29 is 19.2 Å². The number of benzene rings is 1. The van der Waals surface area contributed by atoms with E-state index in [0.29, 0.717) is 12.3 Å². The average Bonchev–Trinajstić information content (AvgIpc) is 3.10. The molecule has 1 amide bonds. The lowest BCUT2D eigenvalue weighted by atomic mass is 10.2. The molecule has 104 valence electrons. The van der Waals surface area contributed by atoms with E-state index in [0.717, 1.165) is 0 Å². The molecule has 0 bridgehead atoms. The van der Waals surface area contributed by atoms with Gasteiger partial charge in [0.15, 0.2) is 5.69 Å². The largest absolute Gasteiger partial charge is 0.486 e. The third-order valence-electron chi connectivity index (χ3n) is 3.21. The van der Waals surface area contributed by atoms with E-state index in [4.69, 9.17) is 4.74 Å². The first-order valence-electron chi connectivity index (χ1n) is 6.33. The van der Waals surface area contributed by atoms with E-state index in [1.165, 1.54) is 17.2 Å². The molecular formula is C14H14N2O4. The van der Waals surface area contributed by atoms with Crippen molar-refractivity contribution in [2.24, 2.45) is 0 Å². The van der Waals surface area contributed by atoms with Gasteiger partial charge in [0.25, 0.3) is 5.91 Å². The summed E-state index contributed by atoms with van der Waals surface area (Å²) in [6.45, 7) is 0.547. The number of rotatable bonds is 3. The standard InChI is InChI=1S/C14H14N2O4/c17-12-8-16(14(18)11-6-7-19-15-11)9-13(12)20-10-4-2-1-3-5-10/h1-7,12-13,17H,8-9H2/t12-,13-/m1/s1. The highest BCUT2D eigenvalue weighted by Crippen LogP contribution is 2.19. The summed E-state index contributed by atoms with van der Waals surface area (Å²) in [6, 6.07) is 10.7. The van der Waals surface area contributed by atoms with Gasteiger partial charge < -0.3 is 19.3 Å². The first kappa shape index (κ1) is 12.7. The number of likely N-dealkylation sites (tertiary alicyclic amines) is 1. The van der Waals surface area contributed by atoms with Gasteiger partial charge in [0, 0.05) is 6.07 Å². The van der Waals surface area contributed by atoms with Crippen LogP contribution in [0.5, 0.6) is 5.75 Å². The molecule has 0 saturated carbocycles. The molecule has 0 aliphatic carbocycles. The number of carbonyl (C=O) groups excluding carboxylic acids is 1. The highest BCUT2D eigenvalue weighted by Gasteiger charge is 2.36. The summed E-state index contributed by atoms with van der Waals surface area (Å²) < 4.78 is 10.4. The summed E-state index contributed by atoms with van der Waals surface area (Å²) >= 11 is 0. The molecule has 2 aromatic rings. The molecule has 1 aliphatic rings. The number of amides is 1. The van der Waals surface area contributed by atoms with E-state index in [1.54, 1.807) is 0 Å². The molecule has 20 heavy (non-hydrogen) atoms. The molecule has 2 heterocycles. The molecule has 0 spiro atoms. The minimum absolute atomic E-state index is 0.225. The second-order valence-corrected chi connectivity index (χ2v) is 4.63. The van der Waals surface area contributed by atoms with Gasteiger partial charge in [-0.05, 0) is 12.1 Å². The van der Waals surface area contributed by atoms with Crippen LogP contribution in [0, 0.1) is 0 Å². The topological polar surface area (TPSA) is 75.8 Å². The van der Waals surface area contributed by atoms with Gasteiger partial charge in [-0.2, -0.15) is 0 Å². The number of ether oxygens (including phenoxy) is 1. The third kappa shape index (κ3) is 2.50. The monoisotopic (exact) mass is 274 g/mol. The maximum Gasteiger partial charge on any atom is 0.276 e. The lowest BCUT2D eigenvalue weighted by molar-refractivity contribution is 0.0727. The molecule has 2 atom stereocenters. The van der Waals surface area contributed by atoms with E-state index in [-0.39, 0.29) is 18.1 Å². The van der Waals surface area contributed by atoms with E-state index < -0.39 is 12.2 Å². The van der Waals surface area contributed by atoms with Crippen molar-refractivity contribution in [2.75, 3.05) is 13.1 Å². The van der Waals surface area contributed by atoms with Crippen LogP contribution >= 0.6 is 0 Å². The SMILES string of the molecule is O=C(c1ccon1)N1C[C@@H](O)[C@H](Oc2ccccc2)C1. The Morgan fingerprint density at radius 1 is 1.30 bits per heavy atom. The first-order chi connectivity index (χ1) is 9.74. The summed E-state index contributed by atoms with van der Waals surface area (Å²) in [5.74, 6) is 0.407. The Bertz CT molecular complexity index is 570. The highest BCUT2D eigenvalue weighted by molar-refractivity contribution is 5.92. The van der Waals surface area contributed by atoms with Crippen LogP contribution in [0.4, 0.5) is 0 Å². The molecule has 1 aliphatic heterocycles. The zero-order valence-electron chi connectivity index (χ0n) is 10.7. The summed E-state index contributed by atoms with van der Waals surface area (Å²) in [5, 5.41) is 13.6. The van der Waals surface area contributed by atoms with Crippen molar-refractivity contribution >= 4 is 5.91 Å². The number of aromatic nitrogens is 1. The van der Waals surface area contributed by atoms with Crippen molar-refractivity contribution in [1.29, 1.82) is 0 Å². The molecule has 0 unspecified atom stereocenters. The predicted octanol–water partition coefficient (Wildman–Crippen LogP) is 0.939. The smallest absolute Gasteiger partial charge is 0.276 e. The van der Waals surface area contributed by atoms with Gasteiger partial charge in [-0.25, -0.2) is 0 Å². The van der Waals surface area contributed by atoms with Crippen LogP contribution in [0.25, 0.3) is 0 Å². The quantitative estimate of drug-likeness (QED) is 0.901. The van der Waals surface area contributed by atoms with Crippen molar-refractivity contribution in [3.63, 3.8) is 0 Å². The van der Waals surface area contributed by atoms with E-state index in [9.17, 15) is 9.90 Å². The molecule has 3 rings (SSSR count).